The second-order valence-corrected chi connectivity index (χ2v) is 17.4. The summed E-state index contributed by atoms with van der Waals surface area (Å²) in [5.74, 6) is 0.451. The Balaban J connectivity index is 4.20. The number of ether oxygens (including phenoxy) is 1. The molecule has 0 unspecified atom stereocenters. The molecule has 0 saturated heterocycles. The Labute approximate surface area is 118 Å². The normalized spacial score (nSPS) is 14.0. The molecule has 5 nitrogen and oxygen atoms in total. The quantitative estimate of drug-likeness (QED) is 0.381. The van der Waals surface area contributed by atoms with Gasteiger partial charge in [0.05, 0.1) is 11.3 Å². The van der Waals surface area contributed by atoms with Crippen LogP contribution in [-0.2, 0) is 13.0 Å². The topological polar surface area (TPSA) is 68.2 Å². The molecule has 0 bridgehead atoms. The summed E-state index contributed by atoms with van der Waals surface area (Å²) >= 11 is 1.34. The first-order valence-corrected chi connectivity index (χ1v) is 15.4. The Morgan fingerprint density at radius 1 is 1.00 bits per heavy atom. The molecule has 0 aliphatic carbocycles. The van der Waals surface area contributed by atoms with Crippen LogP contribution in [0.5, 0.6) is 0 Å². The van der Waals surface area contributed by atoms with Gasteiger partial charge in [0.2, 0.25) is 0 Å². The van der Waals surface area contributed by atoms with E-state index < -0.39 is 25.7 Å². The molecule has 0 aromatic heterocycles. The summed E-state index contributed by atoms with van der Waals surface area (Å²) in [6.45, 7) is 12.4. The SMILES string of the molecule is CCOCSC[Si](O)(O)O[Si](C)(C)O[Si](C)(C)C. The first-order valence-electron chi connectivity index (χ1n) is 5.98. The maximum atomic E-state index is 9.91. The van der Waals surface area contributed by atoms with Crippen molar-refractivity contribution >= 4 is 37.4 Å². The lowest BCUT2D eigenvalue weighted by Crippen LogP contribution is -2.56. The molecular weight excluding hydrogens is 304 g/mol. The Morgan fingerprint density at radius 3 is 2.00 bits per heavy atom. The predicted molar refractivity (Wildman–Crippen MR) is 82.1 cm³/mol. The van der Waals surface area contributed by atoms with Gasteiger partial charge in [-0.2, -0.15) is 0 Å². The predicted octanol–water partition coefficient (Wildman–Crippen LogP) is 1.75. The van der Waals surface area contributed by atoms with Crippen molar-refractivity contribution in [1.82, 2.24) is 0 Å². The lowest BCUT2D eigenvalue weighted by molar-refractivity contribution is 0.197. The van der Waals surface area contributed by atoms with Gasteiger partial charge in [-0.15, -0.1) is 11.8 Å². The Bertz CT molecular complexity index is 245. The highest BCUT2D eigenvalue weighted by Gasteiger charge is 2.43. The van der Waals surface area contributed by atoms with Gasteiger partial charge in [0, 0.05) is 6.61 Å². The average molecular weight is 331 g/mol. The van der Waals surface area contributed by atoms with Crippen molar-refractivity contribution in [2.24, 2.45) is 0 Å². The second-order valence-electron chi connectivity index (χ2n) is 5.42. The van der Waals surface area contributed by atoms with Crippen molar-refractivity contribution in [2.75, 3.05) is 17.9 Å². The first-order chi connectivity index (χ1) is 7.97. The molecule has 0 aromatic carbocycles. The van der Waals surface area contributed by atoms with Gasteiger partial charge in [0.1, 0.15) is 0 Å². The van der Waals surface area contributed by atoms with E-state index in [0.29, 0.717) is 12.5 Å². The third-order valence-corrected chi connectivity index (χ3v) is 12.0. The van der Waals surface area contributed by atoms with E-state index in [0.717, 1.165) is 0 Å². The van der Waals surface area contributed by atoms with Crippen molar-refractivity contribution in [1.29, 1.82) is 0 Å². The van der Waals surface area contributed by atoms with E-state index in [-0.39, 0.29) is 5.38 Å². The van der Waals surface area contributed by atoms with Crippen LogP contribution in [0.4, 0.5) is 0 Å². The van der Waals surface area contributed by atoms with Gasteiger partial charge in [-0.1, -0.05) is 0 Å². The molecule has 0 spiro atoms. The zero-order valence-electron chi connectivity index (χ0n) is 12.1. The van der Waals surface area contributed by atoms with Crippen LogP contribution >= 0.6 is 11.8 Å². The lowest BCUT2D eigenvalue weighted by atomic mass is 10.9. The minimum atomic E-state index is -3.65. The van der Waals surface area contributed by atoms with Crippen LogP contribution in [0.15, 0.2) is 0 Å². The van der Waals surface area contributed by atoms with Crippen LogP contribution < -0.4 is 0 Å². The van der Waals surface area contributed by atoms with E-state index in [4.69, 9.17) is 13.0 Å². The molecule has 9 heteroatoms. The summed E-state index contributed by atoms with van der Waals surface area (Å²) in [6, 6.07) is 0. The fourth-order valence-electron chi connectivity index (χ4n) is 1.50. The molecule has 110 valence electrons. The molecule has 0 aliphatic rings. The molecule has 2 N–H and O–H groups in total. The Hall–Kier alpha value is 0.801. The van der Waals surface area contributed by atoms with E-state index in [9.17, 15) is 9.59 Å². The lowest BCUT2D eigenvalue weighted by Gasteiger charge is -2.34. The van der Waals surface area contributed by atoms with Crippen LogP contribution in [0.25, 0.3) is 0 Å². The van der Waals surface area contributed by atoms with E-state index in [1.54, 1.807) is 0 Å². The summed E-state index contributed by atoms with van der Waals surface area (Å²) in [5, 5.41) is 0.179. The molecule has 0 rings (SSSR count). The van der Waals surface area contributed by atoms with Gasteiger partial charge in [0.25, 0.3) is 0 Å². The minimum Gasteiger partial charge on any atom is -0.437 e. The summed E-state index contributed by atoms with van der Waals surface area (Å²) < 4.78 is 16.6. The van der Waals surface area contributed by atoms with Crippen LogP contribution in [0, 0.1) is 0 Å². The molecular formula is C9H26O5SSi3. The standard InChI is InChI=1S/C9H26O5SSi3/c1-7-12-8-15-9-18(10,11)14-17(5,6)13-16(2,3)4/h10-11H,7-9H2,1-6H3. The van der Waals surface area contributed by atoms with Crippen molar-refractivity contribution in [3.05, 3.63) is 0 Å². The van der Waals surface area contributed by atoms with E-state index >= 15 is 0 Å². The van der Waals surface area contributed by atoms with Gasteiger partial charge in [-0.05, 0) is 39.7 Å². The molecule has 0 radical (unpaired) electrons. The molecule has 18 heavy (non-hydrogen) atoms. The fraction of sp³-hybridized carbons (Fsp3) is 1.00. The van der Waals surface area contributed by atoms with Crippen LogP contribution in [0.2, 0.25) is 32.7 Å². The smallest absolute Gasteiger partial charge is 0.437 e. The number of thioether (sulfide) groups is 1. The minimum absolute atomic E-state index is 0.179. The third-order valence-electron chi connectivity index (χ3n) is 1.62. The van der Waals surface area contributed by atoms with Crippen molar-refractivity contribution < 1.29 is 22.6 Å². The van der Waals surface area contributed by atoms with Gasteiger partial charge < -0.3 is 22.6 Å². The molecule has 0 aromatic rings. The monoisotopic (exact) mass is 330 g/mol. The van der Waals surface area contributed by atoms with Gasteiger partial charge in [0.15, 0.2) is 8.32 Å². The van der Waals surface area contributed by atoms with Crippen LogP contribution in [0.1, 0.15) is 6.92 Å². The van der Waals surface area contributed by atoms with E-state index in [1.165, 1.54) is 11.8 Å². The Kier molecular flexibility index (Phi) is 7.88. The molecule has 0 saturated carbocycles. The number of rotatable bonds is 9. The highest BCUT2D eigenvalue weighted by Crippen LogP contribution is 2.20. The highest BCUT2D eigenvalue weighted by atomic mass is 32.2. The fourth-order valence-corrected chi connectivity index (χ4v) is 13.5. The Morgan fingerprint density at radius 2 is 1.56 bits per heavy atom. The van der Waals surface area contributed by atoms with Crippen molar-refractivity contribution in [3.63, 3.8) is 0 Å². The molecule has 0 heterocycles. The average Bonchev–Trinajstić information content (AvgIpc) is 2.06. The maximum Gasteiger partial charge on any atom is 0.497 e. The number of hydrogen-bond acceptors (Lipinski definition) is 6. The van der Waals surface area contributed by atoms with Gasteiger partial charge >= 0.3 is 17.4 Å². The van der Waals surface area contributed by atoms with Crippen molar-refractivity contribution in [2.45, 2.75) is 39.7 Å². The summed E-state index contributed by atoms with van der Waals surface area (Å²) in [5.41, 5.74) is 0. The molecule has 0 amide bonds. The molecule has 0 atom stereocenters. The summed E-state index contributed by atoms with van der Waals surface area (Å²) in [6.07, 6.45) is 0. The summed E-state index contributed by atoms with van der Waals surface area (Å²) in [4.78, 5) is 19.8. The first kappa shape index (κ1) is 18.8. The second kappa shape index (κ2) is 7.55. The van der Waals surface area contributed by atoms with Crippen molar-refractivity contribution in [3.8, 4) is 0 Å². The van der Waals surface area contributed by atoms with E-state index in [2.05, 4.69) is 19.6 Å². The zero-order chi connectivity index (χ0) is 14.4. The van der Waals surface area contributed by atoms with Gasteiger partial charge in [-0.25, -0.2) is 0 Å². The third kappa shape index (κ3) is 10.7. The molecule has 0 aliphatic heterocycles. The van der Waals surface area contributed by atoms with Crippen LogP contribution in [0.3, 0.4) is 0 Å². The van der Waals surface area contributed by atoms with Gasteiger partial charge in [-0.3, -0.25) is 0 Å². The molecule has 0 fully saturated rings. The largest absolute Gasteiger partial charge is 0.497 e. The van der Waals surface area contributed by atoms with Crippen LogP contribution in [-0.4, -0.2) is 53.2 Å². The maximum absolute atomic E-state index is 9.91. The number of hydrogen-bond donors (Lipinski definition) is 2. The highest BCUT2D eigenvalue weighted by molar-refractivity contribution is 8.00. The summed E-state index contributed by atoms with van der Waals surface area (Å²) in [7, 11) is -7.85. The zero-order valence-corrected chi connectivity index (χ0v) is 16.0. The van der Waals surface area contributed by atoms with E-state index in [1.807, 2.05) is 20.0 Å².